The van der Waals surface area contributed by atoms with E-state index >= 15 is 0 Å². The minimum atomic E-state index is -1.31. The van der Waals surface area contributed by atoms with Crippen LogP contribution in [0.2, 0.25) is 5.02 Å². The topological polar surface area (TPSA) is 231 Å². The second-order valence-corrected chi connectivity index (χ2v) is 18.3. The fraction of sp³-hybridized carbons (Fsp3) is 0.449. The molecule has 0 aliphatic carbocycles. The molecule has 0 spiro atoms. The van der Waals surface area contributed by atoms with Gasteiger partial charge in [-0.15, -0.1) is 0 Å². The van der Waals surface area contributed by atoms with Crippen LogP contribution in [0.15, 0.2) is 85.1 Å². The van der Waals surface area contributed by atoms with Crippen LogP contribution in [0.4, 0.5) is 4.79 Å². The number of carboxylic acids is 1. The molecule has 16 nitrogen and oxygen atoms in total. The van der Waals surface area contributed by atoms with Crippen molar-refractivity contribution in [3.63, 3.8) is 0 Å². The van der Waals surface area contributed by atoms with Crippen molar-refractivity contribution in [2.45, 2.75) is 115 Å². The molecule has 8 N–H and O–H groups in total. The maximum Gasteiger partial charge on any atom is 0.326 e. The number of likely N-dealkylation sites (N-methyl/N-ethyl adjacent to an activating group) is 1. The summed E-state index contributed by atoms with van der Waals surface area (Å²) < 4.78 is 0. The second-order valence-electron chi connectivity index (χ2n) is 17.8. The van der Waals surface area contributed by atoms with Gasteiger partial charge in [-0.25, -0.2) is 9.59 Å². The zero-order valence-electron chi connectivity index (χ0n) is 38.2. The highest BCUT2D eigenvalue weighted by Gasteiger charge is 2.37. The first kappa shape index (κ1) is 50.6. The number of benzene rings is 3. The van der Waals surface area contributed by atoms with E-state index in [1.807, 2.05) is 64.1 Å². The number of rotatable bonds is 13. The van der Waals surface area contributed by atoms with E-state index in [0.29, 0.717) is 23.4 Å². The first-order valence-corrected chi connectivity index (χ1v) is 23.0. The summed E-state index contributed by atoms with van der Waals surface area (Å²) in [6.45, 7) is 7.69. The van der Waals surface area contributed by atoms with Crippen LogP contribution >= 0.6 is 11.6 Å². The molecule has 354 valence electrons. The molecule has 3 aromatic carbocycles. The van der Waals surface area contributed by atoms with Gasteiger partial charge >= 0.3 is 12.0 Å². The Morgan fingerprint density at radius 1 is 0.758 bits per heavy atom. The molecule has 0 bridgehead atoms. The van der Waals surface area contributed by atoms with Crippen LogP contribution < -0.4 is 31.9 Å². The van der Waals surface area contributed by atoms with Gasteiger partial charge in [0.1, 0.15) is 36.3 Å². The summed E-state index contributed by atoms with van der Waals surface area (Å²) in [5, 5.41) is 27.9. The van der Waals surface area contributed by atoms with E-state index in [9.17, 15) is 38.7 Å². The second kappa shape index (κ2) is 24.2. The van der Waals surface area contributed by atoms with E-state index in [1.165, 1.54) is 11.9 Å². The number of urea groups is 1. The molecule has 0 saturated carbocycles. The third-order valence-electron chi connectivity index (χ3n) is 11.6. The molecule has 1 fully saturated rings. The van der Waals surface area contributed by atoms with E-state index in [1.54, 1.807) is 48.7 Å². The van der Waals surface area contributed by atoms with Crippen molar-refractivity contribution in [2.24, 2.45) is 11.8 Å². The minimum Gasteiger partial charge on any atom is -0.480 e. The average Bonchev–Trinajstić information content (AvgIpc) is 3.67. The van der Waals surface area contributed by atoms with Crippen molar-refractivity contribution < 1.29 is 38.7 Å². The van der Waals surface area contributed by atoms with Crippen LogP contribution in [-0.4, -0.2) is 106 Å². The van der Waals surface area contributed by atoms with E-state index in [4.69, 9.17) is 11.6 Å². The zero-order chi connectivity index (χ0) is 47.9. The molecule has 0 radical (unpaired) electrons. The molecule has 7 amide bonds. The number of aromatic nitrogens is 1. The van der Waals surface area contributed by atoms with Gasteiger partial charge in [0.2, 0.25) is 29.5 Å². The summed E-state index contributed by atoms with van der Waals surface area (Å²) >= 11 is 6.28. The number of hydrogen-bond acceptors (Lipinski definition) is 7. The first-order valence-electron chi connectivity index (χ1n) is 22.6. The Hall–Kier alpha value is -6.42. The molecule has 2 heterocycles. The Morgan fingerprint density at radius 2 is 1.38 bits per heavy atom. The third-order valence-corrected chi connectivity index (χ3v) is 11.8. The third kappa shape index (κ3) is 14.8. The number of nitrogens with zero attached hydrogens (tertiary/aromatic N) is 1. The molecule has 66 heavy (non-hydrogen) atoms. The average molecular weight is 928 g/mol. The van der Waals surface area contributed by atoms with Gasteiger partial charge in [-0.3, -0.25) is 24.0 Å². The molecular weight excluding hydrogens is 864 g/mol. The summed E-state index contributed by atoms with van der Waals surface area (Å²) in [5.74, 6) is -4.39. The molecule has 1 aliphatic rings. The number of carbonyl (C=O) groups excluding carboxylic acids is 6. The van der Waals surface area contributed by atoms with Gasteiger partial charge in [-0.2, -0.15) is 0 Å². The highest BCUT2D eigenvalue weighted by Crippen LogP contribution is 2.25. The largest absolute Gasteiger partial charge is 0.480 e. The lowest BCUT2D eigenvalue weighted by Gasteiger charge is -2.33. The van der Waals surface area contributed by atoms with Gasteiger partial charge in [-0.1, -0.05) is 106 Å². The Kier molecular flexibility index (Phi) is 18.5. The molecule has 1 aliphatic heterocycles. The number of halogens is 1. The highest BCUT2D eigenvalue weighted by molar-refractivity contribution is 6.31. The lowest BCUT2D eigenvalue weighted by Crippen LogP contribution is -2.60. The van der Waals surface area contributed by atoms with Crippen LogP contribution in [0.3, 0.4) is 0 Å². The SMILES string of the molecule is CC(C)C[C@@H]1NC(=O)[C@H](NC(=O)N[C@@H](Cc2ccccc2)C(=O)O)CCCCNC(=O)[C@H](Cc2ccccc2)NC(=O)[C@H](Cc2c[nH]c3cc(Cl)ccc23)N(C)C(=O)[C@H](CC(C)C)NC1=O. The molecule has 5 rings (SSSR count). The molecule has 4 aromatic rings. The summed E-state index contributed by atoms with van der Waals surface area (Å²) in [6, 6.07) is 15.4. The van der Waals surface area contributed by atoms with Gasteiger partial charge in [0.15, 0.2) is 0 Å². The van der Waals surface area contributed by atoms with Crippen molar-refractivity contribution >= 4 is 64.0 Å². The number of aromatic amines is 1. The van der Waals surface area contributed by atoms with Crippen LogP contribution in [0.1, 0.15) is 76.5 Å². The predicted molar refractivity (Wildman–Crippen MR) is 252 cm³/mol. The van der Waals surface area contributed by atoms with Crippen LogP contribution in [0.5, 0.6) is 0 Å². The van der Waals surface area contributed by atoms with Crippen molar-refractivity contribution in [1.82, 2.24) is 41.8 Å². The molecule has 17 heteroatoms. The van der Waals surface area contributed by atoms with Gasteiger partial charge in [0.25, 0.3) is 0 Å². The van der Waals surface area contributed by atoms with Crippen molar-refractivity contribution in [3.8, 4) is 0 Å². The first-order chi connectivity index (χ1) is 31.5. The fourth-order valence-electron chi connectivity index (χ4n) is 8.09. The number of hydrogen-bond donors (Lipinski definition) is 8. The van der Waals surface area contributed by atoms with Gasteiger partial charge < -0.3 is 46.9 Å². The summed E-state index contributed by atoms with van der Waals surface area (Å²) in [6.07, 6.45) is 3.03. The summed E-state index contributed by atoms with van der Waals surface area (Å²) in [4.78, 5) is 102. The van der Waals surface area contributed by atoms with Crippen molar-refractivity contribution in [2.75, 3.05) is 13.6 Å². The van der Waals surface area contributed by atoms with Gasteiger partial charge in [-0.05, 0) is 72.8 Å². The fourth-order valence-corrected chi connectivity index (χ4v) is 8.27. The van der Waals surface area contributed by atoms with Crippen molar-refractivity contribution in [1.29, 1.82) is 0 Å². The number of carbonyl (C=O) groups is 7. The Bertz CT molecular complexity index is 2310. The maximum absolute atomic E-state index is 14.8. The van der Waals surface area contributed by atoms with Crippen LogP contribution in [-0.2, 0) is 48.0 Å². The van der Waals surface area contributed by atoms with Crippen LogP contribution in [0, 0.1) is 11.8 Å². The number of carboxylic acid groups (broad SMARTS) is 1. The normalized spacial score (nSPS) is 21.2. The van der Waals surface area contributed by atoms with Gasteiger partial charge in [0, 0.05) is 55.0 Å². The zero-order valence-corrected chi connectivity index (χ0v) is 39.0. The van der Waals surface area contributed by atoms with E-state index < -0.39 is 77.8 Å². The molecular formula is C49H63ClN8O8. The van der Waals surface area contributed by atoms with Crippen molar-refractivity contribution in [3.05, 3.63) is 107 Å². The van der Waals surface area contributed by atoms with Crippen LogP contribution in [0.25, 0.3) is 10.9 Å². The summed E-state index contributed by atoms with van der Waals surface area (Å²) in [5.41, 5.74) is 2.92. The molecule has 1 aromatic heterocycles. The van der Waals surface area contributed by atoms with Gasteiger partial charge in [0.05, 0.1) is 0 Å². The standard InChI is InChI=1S/C49H63ClN8O8/c1-29(2)22-38-45(61)55-40(23-30(3)4)47(63)58(5)42(26-33-28-52-37-27-34(50)19-20-35(33)37)46(62)54-39(24-31-14-8-6-9-15-31)43(59)51-21-13-12-18-36(44(60)53-38)56-49(66)57-41(48(64)65)25-32-16-10-7-11-17-32/h6-11,14-17,19-20,27-30,36,38-42,52H,12-13,18,21-26H2,1-5H3,(H,51,59)(H,53,60)(H,54,62)(H,55,61)(H,64,65)(H2,56,57,66)/t36-,38+,39+,40+,41+,42+/m1/s1. The summed E-state index contributed by atoms with van der Waals surface area (Å²) in [7, 11) is 1.50. The smallest absolute Gasteiger partial charge is 0.326 e. The van der Waals surface area contributed by atoms with E-state index in [-0.39, 0.29) is 56.9 Å². The minimum absolute atomic E-state index is 0.00688. The van der Waals surface area contributed by atoms with E-state index in [2.05, 4.69) is 36.9 Å². The molecule has 1 saturated heterocycles. The molecule has 0 unspecified atom stereocenters. The Labute approximate surface area is 390 Å². The lowest BCUT2D eigenvalue weighted by molar-refractivity contribution is -0.143. The number of nitrogens with one attached hydrogen (secondary N) is 7. The van der Waals surface area contributed by atoms with E-state index in [0.717, 1.165) is 22.0 Å². The Morgan fingerprint density at radius 3 is 2.03 bits per heavy atom. The predicted octanol–water partition coefficient (Wildman–Crippen LogP) is 4.64. The monoisotopic (exact) mass is 926 g/mol. The Balaban J connectivity index is 1.48. The molecule has 6 atom stereocenters. The number of fused-ring (bicyclic) bond motifs is 1. The lowest BCUT2D eigenvalue weighted by atomic mass is 9.97. The maximum atomic E-state index is 14.8. The number of aliphatic carboxylic acids is 1. The number of amides is 7. The number of H-pyrrole nitrogens is 1. The quantitative estimate of drug-likeness (QED) is 0.0940. The highest BCUT2D eigenvalue weighted by atomic mass is 35.5.